The molecule has 0 atom stereocenters. The molecule has 0 saturated heterocycles. The van der Waals surface area contributed by atoms with Gasteiger partial charge in [-0.25, -0.2) is 9.59 Å². The maximum atomic E-state index is 10.3. The van der Waals surface area contributed by atoms with Crippen molar-refractivity contribution in [2.45, 2.75) is 6.42 Å². The van der Waals surface area contributed by atoms with Crippen LogP contribution >= 0.6 is 13.5 Å². The van der Waals surface area contributed by atoms with Crippen LogP contribution in [0.4, 0.5) is 0 Å². The first-order valence-corrected chi connectivity index (χ1v) is 10.5. The molecule has 7 nitrogen and oxygen atoms in total. The van der Waals surface area contributed by atoms with E-state index >= 15 is 0 Å². The van der Waals surface area contributed by atoms with E-state index in [2.05, 4.69) is 36.4 Å². The third-order valence-corrected chi connectivity index (χ3v) is 4.46. The molecule has 12 heteroatoms. The Kier molecular flexibility index (Phi) is 22.0. The van der Waals surface area contributed by atoms with Crippen molar-refractivity contribution in [3.8, 4) is 0 Å². The van der Waals surface area contributed by atoms with Crippen molar-refractivity contribution in [3.63, 3.8) is 0 Å². The van der Waals surface area contributed by atoms with Gasteiger partial charge in [-0.2, -0.15) is 21.9 Å². The van der Waals surface area contributed by atoms with Gasteiger partial charge in [0, 0.05) is 12.2 Å². The number of carbonyl (C=O) groups is 2. The Morgan fingerprint density at radius 1 is 0.771 bits per heavy atom. The third-order valence-electron chi connectivity index (χ3n) is 3.98. The van der Waals surface area contributed by atoms with Gasteiger partial charge in [0.25, 0.3) is 10.1 Å². The van der Waals surface area contributed by atoms with Crippen LogP contribution in [0.15, 0.2) is 84.3 Å². The summed E-state index contributed by atoms with van der Waals surface area (Å²) < 4.78 is 28.9. The minimum absolute atomic E-state index is 0. The summed E-state index contributed by atoms with van der Waals surface area (Å²) in [6, 6.07) is 21.9. The monoisotopic (exact) mass is 546 g/mol. The molecule has 0 unspecified atom stereocenters. The first kappa shape index (κ1) is 39.1. The summed E-state index contributed by atoms with van der Waals surface area (Å²) >= 11 is 0. The first-order valence-electron chi connectivity index (χ1n) is 9.00. The van der Waals surface area contributed by atoms with E-state index in [9.17, 15) is 18.0 Å². The molecule has 0 heterocycles. The normalized spacial score (nSPS) is 10.4. The fourth-order valence-corrected chi connectivity index (χ4v) is 2.88. The van der Waals surface area contributed by atoms with E-state index in [0.29, 0.717) is 12.2 Å². The molecule has 4 rings (SSSR count). The zero-order valence-electron chi connectivity index (χ0n) is 16.8. The largest absolute Gasteiger partial charge is 0.0616 e. The first-order chi connectivity index (χ1) is 14.7. The fourth-order valence-electron chi connectivity index (χ4n) is 2.55. The van der Waals surface area contributed by atoms with Gasteiger partial charge in [0.05, 0.1) is 5.41 Å². The molecule has 0 bridgehead atoms. The number of rotatable bonds is 4. The minimum atomic E-state index is -4.00. The molecule has 174 valence electrons. The van der Waals surface area contributed by atoms with Crippen molar-refractivity contribution in [1.29, 1.82) is 0 Å². The second-order valence-electron chi connectivity index (χ2n) is 6.34. The van der Waals surface area contributed by atoms with Crippen LogP contribution in [0.5, 0.6) is 0 Å². The van der Waals surface area contributed by atoms with E-state index in [1.54, 1.807) is 29.8 Å². The predicted octanol–water partition coefficient (Wildman–Crippen LogP) is 2.17. The number of fused-ring (bicyclic) bond motifs is 3. The molecule has 0 spiro atoms. The number of aliphatic carboxylic acids is 2. The Bertz CT molecular complexity index is 1230. The maximum absolute atomic E-state index is 10.3. The van der Waals surface area contributed by atoms with Gasteiger partial charge >= 0.3 is 101 Å². The molecule has 3 aromatic rings. The Hall–Kier alpha value is -0.400. The molecule has 3 aromatic carbocycles. The van der Waals surface area contributed by atoms with Crippen LogP contribution in [-0.2, 0) is 26.1 Å². The number of carboxylic acid groups (broad SMARTS) is 2. The van der Waals surface area contributed by atoms with Crippen molar-refractivity contribution in [3.05, 3.63) is 101 Å². The van der Waals surface area contributed by atoms with Gasteiger partial charge in [-0.05, 0) is 40.0 Å². The molecule has 0 aliphatic heterocycles. The summed E-state index contributed by atoms with van der Waals surface area (Å²) in [6.45, 7) is 0. The van der Waals surface area contributed by atoms with Gasteiger partial charge in [-0.3, -0.25) is 4.55 Å². The van der Waals surface area contributed by atoms with Gasteiger partial charge < -0.3 is 10.2 Å². The van der Waals surface area contributed by atoms with E-state index in [-0.39, 0.29) is 102 Å². The standard InChI is InChI=1S/C11H8.C8H8O3S.C4H4O4.3Na.H2S.3H/c1-2-4-10-8(3-1)5-6-9-7-11(9)10;9-12(10,11)7-6-8-4-2-1-3-5-8;5-3(6)1-2-4(7)8;;;;;;;/h1-6H,7H2;1-7H,(H,9,10,11);1-2H,(H,5,6)(H,7,8);;;;1H2;;;/b;;2-1-;;;;;;;. The van der Waals surface area contributed by atoms with Crippen molar-refractivity contribution >= 4 is 141 Å². The summed E-state index contributed by atoms with van der Waals surface area (Å²) in [6.07, 6.45) is 3.66. The molecule has 0 fully saturated rings. The van der Waals surface area contributed by atoms with Crippen LogP contribution in [-0.4, -0.2) is 124 Å². The fraction of sp³-hybridized carbons (Fsp3) is 0.0435. The number of hydrogen-bond acceptors (Lipinski definition) is 4. The maximum Gasteiger partial charge on any atom is -0.00137 e. The van der Waals surface area contributed by atoms with Gasteiger partial charge in [0.2, 0.25) is 0 Å². The quantitative estimate of drug-likeness (QED) is 0.203. The second-order valence-corrected chi connectivity index (χ2v) is 7.64. The van der Waals surface area contributed by atoms with Crippen molar-refractivity contribution < 1.29 is 32.8 Å². The van der Waals surface area contributed by atoms with Gasteiger partial charge in [0.1, 0.15) is 0 Å². The molecule has 0 radical (unpaired) electrons. The minimum Gasteiger partial charge on any atom is -0.0616 e. The van der Waals surface area contributed by atoms with E-state index in [0.717, 1.165) is 11.0 Å². The average Bonchev–Trinajstić information content (AvgIpc) is 3.53. The molecule has 3 N–H and O–H groups in total. The summed E-state index contributed by atoms with van der Waals surface area (Å²) in [4.78, 5) is 19.1. The third kappa shape index (κ3) is 16.9. The van der Waals surface area contributed by atoms with Crippen molar-refractivity contribution in [2.24, 2.45) is 0 Å². The number of benzene rings is 3. The van der Waals surface area contributed by atoms with E-state index in [1.807, 2.05) is 6.07 Å². The van der Waals surface area contributed by atoms with Gasteiger partial charge in [0.15, 0.2) is 0 Å². The SMILES string of the molecule is O=C(O)/C=C\C(=O)O.O=S(=O)(O)C=Cc1ccccc1.S.[NaH].[NaH].[NaH].c1ccc2c3c(ccc2c1)C3. The van der Waals surface area contributed by atoms with E-state index in [4.69, 9.17) is 14.8 Å². The molecule has 0 saturated carbocycles. The van der Waals surface area contributed by atoms with Crippen LogP contribution < -0.4 is 0 Å². The van der Waals surface area contributed by atoms with Crippen molar-refractivity contribution in [2.75, 3.05) is 0 Å². The Morgan fingerprint density at radius 2 is 1.29 bits per heavy atom. The van der Waals surface area contributed by atoms with Gasteiger partial charge in [-0.1, -0.05) is 66.7 Å². The van der Waals surface area contributed by atoms with E-state index < -0.39 is 22.1 Å². The van der Waals surface area contributed by atoms with Crippen LogP contribution in [0.3, 0.4) is 0 Å². The number of carboxylic acids is 2. The van der Waals surface area contributed by atoms with Crippen LogP contribution in [0.1, 0.15) is 16.7 Å². The topological polar surface area (TPSA) is 129 Å². The molecule has 0 amide bonds. The van der Waals surface area contributed by atoms with Gasteiger partial charge in [-0.15, -0.1) is 0 Å². The van der Waals surface area contributed by atoms with E-state index in [1.165, 1.54) is 28.8 Å². The summed E-state index contributed by atoms with van der Waals surface area (Å²) in [7, 11) is -4.00. The average molecular weight is 547 g/mol. The van der Waals surface area contributed by atoms with Crippen molar-refractivity contribution in [1.82, 2.24) is 0 Å². The molecule has 1 aliphatic carbocycles. The Balaban J connectivity index is -0.000000423. The molecular formula is C23H25Na3O7S2. The Labute approximate surface area is 277 Å². The van der Waals surface area contributed by atoms with Crippen LogP contribution in [0.2, 0.25) is 0 Å². The van der Waals surface area contributed by atoms with Crippen LogP contribution in [0.25, 0.3) is 16.8 Å². The summed E-state index contributed by atoms with van der Waals surface area (Å²) in [5.74, 6) is -2.51. The van der Waals surface area contributed by atoms with Crippen LogP contribution in [0, 0.1) is 0 Å². The zero-order chi connectivity index (χ0) is 22.9. The summed E-state index contributed by atoms with van der Waals surface area (Å²) in [5.41, 5.74) is 3.82. The predicted molar refractivity (Wildman–Crippen MR) is 150 cm³/mol. The second kappa shape index (κ2) is 19.7. The smallest absolute Gasteiger partial charge is 0.00137 e. The Morgan fingerprint density at radius 3 is 1.80 bits per heavy atom. The number of hydrogen-bond donors (Lipinski definition) is 3. The zero-order valence-corrected chi connectivity index (χ0v) is 18.6. The summed E-state index contributed by atoms with van der Waals surface area (Å²) in [5, 5.41) is 19.2. The molecule has 35 heavy (non-hydrogen) atoms. The molecular weight excluding hydrogens is 521 g/mol. The molecule has 0 aromatic heterocycles. The molecule has 1 aliphatic rings.